The molecular weight excluding hydrogens is 705 g/mol. The Kier molecular flexibility index (Phi) is 11.7. The maximum atomic E-state index is 14.1. The number of anilines is 1. The van der Waals surface area contributed by atoms with Crippen LogP contribution in [-0.4, -0.2) is 91.5 Å². The van der Waals surface area contributed by atoms with E-state index < -0.39 is 27.9 Å². The van der Waals surface area contributed by atoms with E-state index in [1.807, 2.05) is 48.7 Å². The quantitative estimate of drug-likeness (QED) is 0.0679. The van der Waals surface area contributed by atoms with Gasteiger partial charge in [0.1, 0.15) is 21.6 Å². The molecule has 0 unspecified atom stereocenters. The molecule has 1 amide bonds. The van der Waals surface area contributed by atoms with Crippen LogP contribution in [0.25, 0.3) is 11.1 Å². The topological polar surface area (TPSA) is 206 Å². The van der Waals surface area contributed by atoms with Crippen molar-refractivity contribution in [3.05, 3.63) is 93.9 Å². The minimum absolute atomic E-state index is 0.0261. The number of amides is 1. The van der Waals surface area contributed by atoms with E-state index in [4.69, 9.17) is 16.2 Å². The van der Waals surface area contributed by atoms with Crippen LogP contribution in [0.15, 0.2) is 82.1 Å². The van der Waals surface area contributed by atoms with E-state index in [2.05, 4.69) is 35.9 Å². The van der Waals surface area contributed by atoms with E-state index in [0.717, 1.165) is 72.0 Å². The molecule has 4 aromatic rings. The predicted octanol–water partition coefficient (Wildman–Crippen LogP) is 3.10. The van der Waals surface area contributed by atoms with Crippen LogP contribution in [0, 0.1) is 0 Å². The van der Waals surface area contributed by atoms with Gasteiger partial charge in [-0.3, -0.25) is 29.3 Å². The third kappa shape index (κ3) is 9.06. The molecule has 0 radical (unpaired) electrons. The van der Waals surface area contributed by atoms with E-state index in [-0.39, 0.29) is 40.1 Å². The molecule has 0 spiro atoms. The number of rotatable bonds is 15. The van der Waals surface area contributed by atoms with Gasteiger partial charge in [0.15, 0.2) is 5.96 Å². The number of nitrogens with two attached hydrogens (primary N) is 2. The highest BCUT2D eigenvalue weighted by molar-refractivity contribution is 7.92. The first-order valence-electron chi connectivity index (χ1n) is 17.0. The standard InChI is InChI=1S/C36H42N8O6S2/c37-36(38)40-13-5-9-30(35(46)47)41-34(45)33-29(11-19-51-33)42-52(48,49)31-21-26(20-24-10-18-50-32(24)31)28-8-2-1-6-25(28)22-43-14-16-44(17-15-43)23-27-7-3-4-12-39-27/h1-4,6-8,11-12,19-21,30,42H,5,9-10,13-18,22-23H2,(H,41,45)(H,46,47)(H4,37,38,40)/t30-/m0/s1. The number of hydrogen-bond acceptors (Lipinski definition) is 10. The average molecular weight is 747 g/mol. The molecule has 0 bridgehead atoms. The van der Waals surface area contributed by atoms with E-state index in [1.165, 1.54) is 6.07 Å². The summed E-state index contributed by atoms with van der Waals surface area (Å²) in [5.74, 6) is -1.78. The summed E-state index contributed by atoms with van der Waals surface area (Å²) in [6.07, 6.45) is 2.76. The number of carbonyl (C=O) groups is 2. The maximum Gasteiger partial charge on any atom is 0.326 e. The second-order valence-corrected chi connectivity index (χ2v) is 15.2. The number of ether oxygens (including phenoxy) is 1. The molecule has 2 aliphatic rings. The van der Waals surface area contributed by atoms with Gasteiger partial charge in [-0.1, -0.05) is 30.3 Å². The SMILES string of the molecule is NC(N)=NCCC[C@H](NC(=O)c1sccc1NS(=O)(=O)c1cc(-c2ccccc2CN2CCN(Cc3ccccn3)CC2)cc2c1OCC2)C(=O)O. The summed E-state index contributed by atoms with van der Waals surface area (Å²) in [7, 11) is -4.26. The molecule has 14 nitrogen and oxygen atoms in total. The van der Waals surface area contributed by atoms with Gasteiger partial charge in [-0.2, -0.15) is 0 Å². The molecule has 1 atom stereocenters. The van der Waals surface area contributed by atoms with Gasteiger partial charge in [0.25, 0.3) is 15.9 Å². The van der Waals surface area contributed by atoms with E-state index in [9.17, 15) is 23.1 Å². The molecule has 274 valence electrons. The lowest BCUT2D eigenvalue weighted by atomic mass is 9.97. The number of guanidine groups is 1. The molecule has 4 heterocycles. The van der Waals surface area contributed by atoms with Crippen LogP contribution in [0.4, 0.5) is 5.69 Å². The molecule has 1 fully saturated rings. The Bertz CT molecular complexity index is 2030. The van der Waals surface area contributed by atoms with Crippen LogP contribution >= 0.6 is 11.3 Å². The number of thiophene rings is 1. The van der Waals surface area contributed by atoms with Crippen molar-refractivity contribution in [3.8, 4) is 16.9 Å². The Morgan fingerprint density at radius 2 is 1.77 bits per heavy atom. The lowest BCUT2D eigenvalue weighted by Crippen LogP contribution is -2.45. The van der Waals surface area contributed by atoms with Crippen molar-refractivity contribution in [2.24, 2.45) is 16.5 Å². The summed E-state index contributed by atoms with van der Waals surface area (Å²) < 4.78 is 36.6. The van der Waals surface area contributed by atoms with Crippen LogP contribution in [0.5, 0.6) is 5.75 Å². The average Bonchev–Trinajstić information content (AvgIpc) is 3.80. The number of aliphatic imine (C=N–C) groups is 1. The lowest BCUT2D eigenvalue weighted by molar-refractivity contribution is -0.139. The zero-order chi connectivity index (χ0) is 36.7. The fourth-order valence-electron chi connectivity index (χ4n) is 6.38. The molecule has 1 saturated heterocycles. The maximum absolute atomic E-state index is 14.1. The Morgan fingerprint density at radius 1 is 1.02 bits per heavy atom. The number of nitrogens with zero attached hydrogens (tertiary/aromatic N) is 4. The summed E-state index contributed by atoms with van der Waals surface area (Å²) in [6, 6.07) is 17.9. The number of sulfonamides is 1. The van der Waals surface area contributed by atoms with Crippen LogP contribution in [0.1, 0.15) is 39.3 Å². The zero-order valence-electron chi connectivity index (χ0n) is 28.5. The van der Waals surface area contributed by atoms with Gasteiger partial charge < -0.3 is 26.6 Å². The largest absolute Gasteiger partial charge is 0.492 e. The third-order valence-corrected chi connectivity index (χ3v) is 11.3. The fourth-order valence-corrected chi connectivity index (χ4v) is 8.49. The number of aliphatic carboxylic acids is 1. The number of carboxylic acids is 1. The van der Waals surface area contributed by atoms with Gasteiger partial charge in [0.05, 0.1) is 18.0 Å². The first-order chi connectivity index (χ1) is 25.1. The second kappa shape index (κ2) is 16.5. The van der Waals surface area contributed by atoms with Gasteiger partial charge in [-0.25, -0.2) is 13.2 Å². The summed E-state index contributed by atoms with van der Waals surface area (Å²) >= 11 is 0.995. The fraction of sp³-hybridized carbons (Fsp3) is 0.333. The molecule has 7 N–H and O–H groups in total. The third-order valence-electron chi connectivity index (χ3n) is 9.00. The Hall–Kier alpha value is -5.03. The number of fused-ring (bicyclic) bond motifs is 1. The first kappa shape index (κ1) is 36.8. The molecular formula is C36H42N8O6S2. The predicted molar refractivity (Wildman–Crippen MR) is 200 cm³/mol. The van der Waals surface area contributed by atoms with Crippen LogP contribution < -0.4 is 26.2 Å². The van der Waals surface area contributed by atoms with Gasteiger partial charge in [0, 0.05) is 58.4 Å². The number of hydrogen-bond donors (Lipinski definition) is 5. The van der Waals surface area contributed by atoms with E-state index in [1.54, 1.807) is 11.4 Å². The Labute approximate surface area is 306 Å². The molecule has 6 rings (SSSR count). The monoisotopic (exact) mass is 746 g/mol. The van der Waals surface area contributed by atoms with Crippen LogP contribution in [0.2, 0.25) is 0 Å². The first-order valence-corrected chi connectivity index (χ1v) is 19.4. The number of aromatic nitrogens is 1. The van der Waals surface area contributed by atoms with Crippen molar-refractivity contribution in [3.63, 3.8) is 0 Å². The van der Waals surface area contributed by atoms with Crippen molar-refractivity contribution in [1.29, 1.82) is 0 Å². The van der Waals surface area contributed by atoms with Crippen LogP contribution in [-0.2, 0) is 34.3 Å². The van der Waals surface area contributed by atoms with E-state index in [0.29, 0.717) is 26.0 Å². The minimum Gasteiger partial charge on any atom is -0.492 e. The Morgan fingerprint density at radius 3 is 2.50 bits per heavy atom. The minimum atomic E-state index is -4.26. The smallest absolute Gasteiger partial charge is 0.326 e. The highest BCUT2D eigenvalue weighted by Gasteiger charge is 2.30. The van der Waals surface area contributed by atoms with Gasteiger partial charge in [-0.05, 0) is 70.8 Å². The molecule has 0 saturated carbocycles. The van der Waals surface area contributed by atoms with Crippen molar-refractivity contribution in [2.75, 3.05) is 44.1 Å². The van der Waals surface area contributed by atoms with Crippen molar-refractivity contribution < 1.29 is 27.9 Å². The lowest BCUT2D eigenvalue weighted by Gasteiger charge is -2.34. The summed E-state index contributed by atoms with van der Waals surface area (Å²) in [4.78, 5) is 38.2. The molecule has 16 heteroatoms. The number of nitrogens with one attached hydrogen (secondary N) is 2. The molecule has 0 aliphatic carbocycles. The molecule has 2 aliphatic heterocycles. The molecule has 2 aromatic carbocycles. The molecule has 2 aromatic heterocycles. The number of pyridine rings is 1. The number of benzene rings is 2. The zero-order valence-corrected chi connectivity index (χ0v) is 30.2. The van der Waals surface area contributed by atoms with Gasteiger partial charge in [0.2, 0.25) is 0 Å². The van der Waals surface area contributed by atoms with Crippen molar-refractivity contribution in [2.45, 2.75) is 43.3 Å². The number of carbonyl (C=O) groups excluding carboxylic acids is 1. The molecule has 52 heavy (non-hydrogen) atoms. The second-order valence-electron chi connectivity index (χ2n) is 12.7. The summed E-state index contributed by atoms with van der Waals surface area (Å²) in [5.41, 5.74) is 15.3. The highest BCUT2D eigenvalue weighted by Crippen LogP contribution is 2.39. The van der Waals surface area contributed by atoms with E-state index >= 15 is 0 Å². The van der Waals surface area contributed by atoms with Crippen LogP contribution in [0.3, 0.4) is 0 Å². The van der Waals surface area contributed by atoms with Gasteiger partial charge in [-0.15, -0.1) is 11.3 Å². The number of carboxylic acid groups (broad SMARTS) is 1. The van der Waals surface area contributed by atoms with Crippen molar-refractivity contribution in [1.82, 2.24) is 20.1 Å². The Balaban J connectivity index is 1.18. The normalized spacial score (nSPS) is 15.3. The van der Waals surface area contributed by atoms with Crippen molar-refractivity contribution >= 4 is 44.9 Å². The number of piperazine rings is 1. The highest BCUT2D eigenvalue weighted by atomic mass is 32.2. The van der Waals surface area contributed by atoms with Gasteiger partial charge >= 0.3 is 5.97 Å². The summed E-state index contributed by atoms with van der Waals surface area (Å²) in [6.45, 7) is 5.69. The summed E-state index contributed by atoms with van der Waals surface area (Å²) in [5, 5.41) is 13.7.